The molecule has 88 valence electrons. The van der Waals surface area contributed by atoms with Crippen molar-refractivity contribution >= 4 is 0 Å². The van der Waals surface area contributed by atoms with Crippen LogP contribution in [0.4, 0.5) is 8.78 Å². The van der Waals surface area contributed by atoms with E-state index >= 15 is 0 Å². The monoisotopic (exact) mass is 226 g/mol. The molecule has 2 nitrogen and oxygen atoms in total. The third-order valence-electron chi connectivity index (χ3n) is 3.18. The molecule has 2 atom stereocenters. The molecule has 0 radical (unpaired) electrons. The molecule has 0 saturated carbocycles. The van der Waals surface area contributed by atoms with Crippen molar-refractivity contribution in [1.29, 1.82) is 0 Å². The van der Waals surface area contributed by atoms with Crippen molar-refractivity contribution in [3.63, 3.8) is 0 Å². The Bertz CT molecular complexity index is 361. The molecular weight excluding hydrogens is 210 g/mol. The van der Waals surface area contributed by atoms with Crippen LogP contribution in [0.25, 0.3) is 0 Å². The van der Waals surface area contributed by atoms with E-state index in [9.17, 15) is 8.78 Å². The van der Waals surface area contributed by atoms with Crippen LogP contribution < -0.4 is 5.73 Å². The van der Waals surface area contributed by atoms with E-state index in [0.29, 0.717) is 5.56 Å². The first-order valence-corrected chi connectivity index (χ1v) is 5.48. The first-order valence-electron chi connectivity index (χ1n) is 5.48. The van der Waals surface area contributed by atoms with Crippen molar-refractivity contribution in [1.82, 2.24) is 4.90 Å². The average Bonchev–Trinajstić information content (AvgIpc) is 2.20. The zero-order valence-electron chi connectivity index (χ0n) is 9.29. The number of nitrogens with two attached hydrogens (primary N) is 1. The van der Waals surface area contributed by atoms with Crippen LogP contribution in [-0.2, 0) is 0 Å². The molecule has 1 aromatic rings. The van der Waals surface area contributed by atoms with E-state index < -0.39 is 11.6 Å². The molecule has 1 saturated heterocycles. The highest BCUT2D eigenvalue weighted by atomic mass is 19.1. The minimum atomic E-state index is -0.525. The Hall–Kier alpha value is -1.00. The third kappa shape index (κ3) is 2.39. The summed E-state index contributed by atoms with van der Waals surface area (Å²) in [6, 6.07) is 3.82. The summed E-state index contributed by atoms with van der Waals surface area (Å²) in [6.45, 7) is 0.865. The van der Waals surface area contributed by atoms with Gasteiger partial charge in [0.15, 0.2) is 0 Å². The van der Waals surface area contributed by atoms with Gasteiger partial charge in [0.1, 0.15) is 11.6 Å². The number of hydrogen-bond acceptors (Lipinski definition) is 2. The van der Waals surface area contributed by atoms with Crippen LogP contribution >= 0.6 is 0 Å². The molecule has 0 aliphatic carbocycles. The second-order valence-electron chi connectivity index (χ2n) is 4.48. The summed E-state index contributed by atoms with van der Waals surface area (Å²) in [5.74, 6) is -1.05. The molecule has 0 bridgehead atoms. The fourth-order valence-corrected chi connectivity index (χ4v) is 2.27. The highest BCUT2D eigenvalue weighted by molar-refractivity contribution is 5.22. The van der Waals surface area contributed by atoms with Crippen molar-refractivity contribution in [2.24, 2.45) is 5.73 Å². The number of halogens is 2. The Balaban J connectivity index is 2.27. The van der Waals surface area contributed by atoms with E-state index in [1.54, 1.807) is 0 Å². The molecule has 0 amide bonds. The normalized spacial score (nSPS) is 27.0. The van der Waals surface area contributed by atoms with Crippen molar-refractivity contribution in [3.05, 3.63) is 35.4 Å². The Morgan fingerprint density at radius 2 is 1.88 bits per heavy atom. The van der Waals surface area contributed by atoms with E-state index in [-0.39, 0.29) is 12.1 Å². The summed E-state index contributed by atoms with van der Waals surface area (Å²) < 4.78 is 26.2. The van der Waals surface area contributed by atoms with Crippen molar-refractivity contribution in [2.75, 3.05) is 13.6 Å². The smallest absolute Gasteiger partial charge is 0.126 e. The largest absolute Gasteiger partial charge is 0.328 e. The van der Waals surface area contributed by atoms with Gasteiger partial charge in [-0.15, -0.1) is 0 Å². The van der Waals surface area contributed by atoms with Crippen LogP contribution in [0, 0.1) is 11.6 Å². The van der Waals surface area contributed by atoms with E-state index in [4.69, 9.17) is 5.73 Å². The van der Waals surface area contributed by atoms with Gasteiger partial charge >= 0.3 is 0 Å². The predicted molar refractivity (Wildman–Crippen MR) is 58.9 cm³/mol. The summed E-state index contributed by atoms with van der Waals surface area (Å²) >= 11 is 0. The molecule has 1 aliphatic heterocycles. The average molecular weight is 226 g/mol. The summed E-state index contributed by atoms with van der Waals surface area (Å²) in [6.07, 6.45) is 1.68. The molecule has 16 heavy (non-hydrogen) atoms. The summed E-state index contributed by atoms with van der Waals surface area (Å²) in [5, 5.41) is 0. The minimum absolute atomic E-state index is 0.0222. The van der Waals surface area contributed by atoms with Gasteiger partial charge in [0.05, 0.1) is 0 Å². The molecule has 0 unspecified atom stereocenters. The molecule has 2 rings (SSSR count). The molecule has 2 N–H and O–H groups in total. The Labute approximate surface area is 94.0 Å². The topological polar surface area (TPSA) is 29.3 Å². The maximum atomic E-state index is 13.1. The molecule has 1 aromatic carbocycles. The second kappa shape index (κ2) is 4.47. The Morgan fingerprint density at radius 1 is 1.25 bits per heavy atom. The van der Waals surface area contributed by atoms with Crippen molar-refractivity contribution < 1.29 is 8.78 Å². The van der Waals surface area contributed by atoms with Gasteiger partial charge in [-0.1, -0.05) is 0 Å². The van der Waals surface area contributed by atoms with Gasteiger partial charge in [0, 0.05) is 18.2 Å². The van der Waals surface area contributed by atoms with Gasteiger partial charge in [-0.05, 0) is 44.1 Å². The van der Waals surface area contributed by atoms with Gasteiger partial charge in [-0.25, -0.2) is 8.78 Å². The summed E-state index contributed by atoms with van der Waals surface area (Å²) in [5.41, 5.74) is 6.56. The molecule has 4 heteroatoms. The second-order valence-corrected chi connectivity index (χ2v) is 4.48. The van der Waals surface area contributed by atoms with Gasteiger partial charge in [-0.2, -0.15) is 0 Å². The number of benzene rings is 1. The number of rotatable bonds is 1. The molecule has 1 heterocycles. The SMILES string of the molecule is CN1CC[C@@H](N)C[C@H]1c1cc(F)cc(F)c1. The number of piperidine rings is 1. The highest BCUT2D eigenvalue weighted by Crippen LogP contribution is 2.29. The van der Waals surface area contributed by atoms with Crippen molar-refractivity contribution in [2.45, 2.75) is 24.9 Å². The number of nitrogens with zero attached hydrogens (tertiary/aromatic N) is 1. The zero-order chi connectivity index (χ0) is 11.7. The fourth-order valence-electron chi connectivity index (χ4n) is 2.27. The molecule has 1 fully saturated rings. The van der Waals surface area contributed by atoms with Gasteiger partial charge in [0.2, 0.25) is 0 Å². The van der Waals surface area contributed by atoms with E-state index in [1.807, 2.05) is 7.05 Å². The quantitative estimate of drug-likeness (QED) is 0.794. The first kappa shape index (κ1) is 11.5. The zero-order valence-corrected chi connectivity index (χ0v) is 9.29. The predicted octanol–water partition coefficient (Wildman–Crippen LogP) is 2.06. The maximum absolute atomic E-state index is 13.1. The van der Waals surface area contributed by atoms with Crippen LogP contribution in [0.15, 0.2) is 18.2 Å². The van der Waals surface area contributed by atoms with E-state index in [2.05, 4.69) is 4.90 Å². The standard InChI is InChI=1S/C12H16F2N2/c1-16-3-2-11(15)7-12(16)8-4-9(13)6-10(14)5-8/h4-6,11-12H,2-3,7,15H2,1H3/t11-,12+/m1/s1. The Morgan fingerprint density at radius 3 is 2.50 bits per heavy atom. The van der Waals surface area contributed by atoms with Gasteiger partial charge in [-0.3, -0.25) is 4.90 Å². The maximum Gasteiger partial charge on any atom is 0.126 e. The minimum Gasteiger partial charge on any atom is -0.328 e. The fraction of sp³-hybridized carbons (Fsp3) is 0.500. The highest BCUT2D eigenvalue weighted by Gasteiger charge is 2.25. The first-order chi connectivity index (χ1) is 7.56. The molecule has 0 aromatic heterocycles. The number of hydrogen-bond donors (Lipinski definition) is 1. The lowest BCUT2D eigenvalue weighted by atomic mass is 9.93. The van der Waals surface area contributed by atoms with E-state index in [1.165, 1.54) is 12.1 Å². The van der Waals surface area contributed by atoms with Crippen LogP contribution in [0.1, 0.15) is 24.4 Å². The Kier molecular flexibility index (Phi) is 3.21. The van der Waals surface area contributed by atoms with Gasteiger partial charge < -0.3 is 5.73 Å². The number of likely N-dealkylation sites (tertiary alicyclic amines) is 1. The summed E-state index contributed by atoms with van der Waals surface area (Å²) in [7, 11) is 1.96. The third-order valence-corrected chi connectivity index (χ3v) is 3.18. The summed E-state index contributed by atoms with van der Waals surface area (Å²) in [4.78, 5) is 2.09. The lowest BCUT2D eigenvalue weighted by Crippen LogP contribution is -2.39. The van der Waals surface area contributed by atoms with Crippen LogP contribution in [0.5, 0.6) is 0 Å². The lowest BCUT2D eigenvalue weighted by molar-refractivity contribution is 0.171. The molecular formula is C12H16F2N2. The van der Waals surface area contributed by atoms with Crippen LogP contribution in [0.3, 0.4) is 0 Å². The van der Waals surface area contributed by atoms with Crippen molar-refractivity contribution in [3.8, 4) is 0 Å². The molecule has 0 spiro atoms. The molecule has 1 aliphatic rings. The van der Waals surface area contributed by atoms with Crippen LogP contribution in [0.2, 0.25) is 0 Å². The van der Waals surface area contributed by atoms with Gasteiger partial charge in [0.25, 0.3) is 0 Å². The lowest BCUT2D eigenvalue weighted by Gasteiger charge is -2.36. The van der Waals surface area contributed by atoms with Crippen LogP contribution in [-0.4, -0.2) is 24.5 Å². The van der Waals surface area contributed by atoms with E-state index in [0.717, 1.165) is 25.5 Å².